The first-order valence-electron chi connectivity index (χ1n) is 6.52. The fourth-order valence-electron chi connectivity index (χ4n) is 2.54. The Morgan fingerprint density at radius 3 is 2.82 bits per heavy atom. The third-order valence-electron chi connectivity index (χ3n) is 3.73. The Kier molecular flexibility index (Phi) is 3.67. The predicted molar refractivity (Wildman–Crippen MR) is 72.0 cm³/mol. The van der Waals surface area contributed by atoms with Crippen molar-refractivity contribution in [2.45, 2.75) is 33.7 Å². The minimum absolute atomic E-state index is 0.595. The van der Waals surface area contributed by atoms with Gasteiger partial charge in [-0.05, 0) is 42.9 Å². The van der Waals surface area contributed by atoms with Gasteiger partial charge in [-0.1, -0.05) is 13.8 Å². The van der Waals surface area contributed by atoms with E-state index in [0.29, 0.717) is 6.54 Å². The first-order chi connectivity index (χ1) is 8.10. The molecule has 0 aliphatic carbocycles. The summed E-state index contributed by atoms with van der Waals surface area (Å²) in [6.07, 6.45) is 1.28. The van der Waals surface area contributed by atoms with Crippen LogP contribution in [0.25, 0.3) is 0 Å². The Morgan fingerprint density at radius 1 is 1.47 bits per heavy atom. The van der Waals surface area contributed by atoms with E-state index in [-0.39, 0.29) is 0 Å². The molecule has 1 atom stereocenters. The second-order valence-electron chi connectivity index (χ2n) is 5.42. The van der Waals surface area contributed by atoms with Crippen LogP contribution in [0.2, 0.25) is 0 Å². The molecule has 2 rings (SSSR count). The minimum Gasteiger partial charge on any atom is -0.356 e. The van der Waals surface area contributed by atoms with Crippen molar-refractivity contribution in [2.75, 3.05) is 18.0 Å². The number of anilines is 1. The average molecular weight is 233 g/mol. The highest BCUT2D eigenvalue weighted by molar-refractivity contribution is 5.43. The Balaban J connectivity index is 2.15. The molecule has 2 N–H and O–H groups in total. The van der Waals surface area contributed by atoms with Crippen molar-refractivity contribution in [3.8, 4) is 0 Å². The molecule has 94 valence electrons. The maximum absolute atomic E-state index is 5.72. The lowest BCUT2D eigenvalue weighted by atomic mass is 9.95. The number of nitrogens with zero attached hydrogens (tertiary/aromatic N) is 2. The summed E-state index contributed by atoms with van der Waals surface area (Å²) in [6, 6.07) is 4.20. The molecule has 0 saturated carbocycles. The zero-order valence-electron chi connectivity index (χ0n) is 11.1. The van der Waals surface area contributed by atoms with Gasteiger partial charge in [0.25, 0.3) is 0 Å². The van der Waals surface area contributed by atoms with Gasteiger partial charge in [0.1, 0.15) is 5.82 Å². The van der Waals surface area contributed by atoms with Gasteiger partial charge in [0, 0.05) is 25.3 Å². The van der Waals surface area contributed by atoms with Crippen molar-refractivity contribution < 1.29 is 0 Å². The van der Waals surface area contributed by atoms with E-state index in [4.69, 9.17) is 5.73 Å². The van der Waals surface area contributed by atoms with Crippen molar-refractivity contribution in [1.29, 1.82) is 0 Å². The molecule has 3 heteroatoms. The lowest BCUT2D eigenvalue weighted by Crippen LogP contribution is -2.22. The van der Waals surface area contributed by atoms with Crippen LogP contribution in [-0.4, -0.2) is 18.1 Å². The molecule has 0 bridgehead atoms. The van der Waals surface area contributed by atoms with Crippen LogP contribution in [0.5, 0.6) is 0 Å². The number of rotatable bonds is 3. The van der Waals surface area contributed by atoms with Crippen LogP contribution in [0, 0.1) is 18.8 Å². The van der Waals surface area contributed by atoms with E-state index < -0.39 is 0 Å². The van der Waals surface area contributed by atoms with Gasteiger partial charge < -0.3 is 10.6 Å². The molecule has 2 heterocycles. The summed E-state index contributed by atoms with van der Waals surface area (Å²) in [6.45, 7) is 9.52. The van der Waals surface area contributed by atoms with E-state index in [2.05, 4.69) is 35.9 Å². The van der Waals surface area contributed by atoms with Crippen LogP contribution in [0.4, 0.5) is 5.82 Å². The minimum atomic E-state index is 0.595. The summed E-state index contributed by atoms with van der Waals surface area (Å²) in [4.78, 5) is 7.03. The lowest BCUT2D eigenvalue weighted by molar-refractivity contribution is 0.422. The van der Waals surface area contributed by atoms with Gasteiger partial charge in [0.05, 0.1) is 0 Å². The van der Waals surface area contributed by atoms with E-state index in [0.717, 1.165) is 36.4 Å². The first kappa shape index (κ1) is 12.4. The van der Waals surface area contributed by atoms with Crippen LogP contribution in [0.15, 0.2) is 12.1 Å². The monoisotopic (exact) mass is 233 g/mol. The van der Waals surface area contributed by atoms with E-state index in [1.807, 2.05) is 6.92 Å². The summed E-state index contributed by atoms with van der Waals surface area (Å²) in [7, 11) is 0. The highest BCUT2D eigenvalue weighted by Crippen LogP contribution is 2.27. The smallest absolute Gasteiger partial charge is 0.129 e. The quantitative estimate of drug-likeness (QED) is 0.871. The summed E-state index contributed by atoms with van der Waals surface area (Å²) in [5.41, 5.74) is 7.96. The highest BCUT2D eigenvalue weighted by atomic mass is 15.2. The van der Waals surface area contributed by atoms with Gasteiger partial charge >= 0.3 is 0 Å². The molecule has 1 aliphatic heterocycles. The molecule has 1 fully saturated rings. The fourth-order valence-corrected chi connectivity index (χ4v) is 2.54. The van der Waals surface area contributed by atoms with E-state index in [1.165, 1.54) is 12.0 Å². The zero-order valence-corrected chi connectivity index (χ0v) is 11.1. The Hall–Kier alpha value is -1.09. The summed E-state index contributed by atoms with van der Waals surface area (Å²) < 4.78 is 0. The largest absolute Gasteiger partial charge is 0.356 e. The number of hydrogen-bond acceptors (Lipinski definition) is 3. The normalized spacial score (nSPS) is 20.3. The molecule has 1 aromatic rings. The van der Waals surface area contributed by atoms with Gasteiger partial charge in [0.2, 0.25) is 0 Å². The van der Waals surface area contributed by atoms with E-state index >= 15 is 0 Å². The SMILES string of the molecule is Cc1cc(CN)cc(N2CCC(C(C)C)C2)n1. The Labute approximate surface area is 104 Å². The lowest BCUT2D eigenvalue weighted by Gasteiger charge is -2.20. The number of aromatic nitrogens is 1. The standard InChI is InChI=1S/C14H23N3/c1-10(2)13-4-5-17(9-13)14-7-12(8-15)6-11(3)16-14/h6-7,10,13H,4-5,8-9,15H2,1-3H3. The van der Waals surface area contributed by atoms with Gasteiger partial charge in [-0.2, -0.15) is 0 Å². The summed E-state index contributed by atoms with van der Waals surface area (Å²) in [5.74, 6) is 2.67. The third kappa shape index (κ3) is 2.78. The van der Waals surface area contributed by atoms with Crippen LogP contribution in [0.3, 0.4) is 0 Å². The van der Waals surface area contributed by atoms with Crippen LogP contribution >= 0.6 is 0 Å². The number of aryl methyl sites for hydroxylation is 1. The van der Waals surface area contributed by atoms with Crippen molar-refractivity contribution >= 4 is 5.82 Å². The maximum atomic E-state index is 5.72. The fraction of sp³-hybridized carbons (Fsp3) is 0.643. The van der Waals surface area contributed by atoms with Crippen LogP contribution in [-0.2, 0) is 6.54 Å². The zero-order chi connectivity index (χ0) is 12.4. The summed E-state index contributed by atoms with van der Waals surface area (Å²) >= 11 is 0. The summed E-state index contributed by atoms with van der Waals surface area (Å²) in [5, 5.41) is 0. The molecule has 1 aromatic heterocycles. The molecule has 0 aromatic carbocycles. The second kappa shape index (κ2) is 5.05. The van der Waals surface area contributed by atoms with Crippen molar-refractivity contribution in [2.24, 2.45) is 17.6 Å². The Morgan fingerprint density at radius 2 is 2.24 bits per heavy atom. The van der Waals surface area contributed by atoms with Crippen molar-refractivity contribution in [1.82, 2.24) is 4.98 Å². The highest BCUT2D eigenvalue weighted by Gasteiger charge is 2.25. The molecule has 3 nitrogen and oxygen atoms in total. The molecule has 0 amide bonds. The first-order valence-corrected chi connectivity index (χ1v) is 6.52. The second-order valence-corrected chi connectivity index (χ2v) is 5.42. The molecule has 1 unspecified atom stereocenters. The number of hydrogen-bond donors (Lipinski definition) is 1. The molecule has 1 saturated heterocycles. The van der Waals surface area contributed by atoms with E-state index in [9.17, 15) is 0 Å². The molecule has 17 heavy (non-hydrogen) atoms. The molecular formula is C14H23N3. The van der Waals surface area contributed by atoms with Gasteiger partial charge in [-0.15, -0.1) is 0 Å². The number of nitrogens with two attached hydrogens (primary N) is 1. The van der Waals surface area contributed by atoms with Crippen LogP contribution in [0.1, 0.15) is 31.5 Å². The van der Waals surface area contributed by atoms with Gasteiger partial charge in [0.15, 0.2) is 0 Å². The molecule has 0 spiro atoms. The van der Waals surface area contributed by atoms with Gasteiger partial charge in [-0.3, -0.25) is 0 Å². The number of pyridine rings is 1. The topological polar surface area (TPSA) is 42.1 Å². The third-order valence-corrected chi connectivity index (χ3v) is 3.73. The average Bonchev–Trinajstić information content (AvgIpc) is 2.77. The molecule has 1 aliphatic rings. The van der Waals surface area contributed by atoms with Crippen LogP contribution < -0.4 is 10.6 Å². The van der Waals surface area contributed by atoms with Crippen molar-refractivity contribution in [3.63, 3.8) is 0 Å². The van der Waals surface area contributed by atoms with Crippen molar-refractivity contribution in [3.05, 3.63) is 23.4 Å². The maximum Gasteiger partial charge on any atom is 0.129 e. The van der Waals surface area contributed by atoms with E-state index in [1.54, 1.807) is 0 Å². The predicted octanol–water partition coefficient (Wildman–Crippen LogP) is 2.33. The molecule has 0 radical (unpaired) electrons. The Bertz CT molecular complexity index is 387. The molecular weight excluding hydrogens is 210 g/mol. The van der Waals surface area contributed by atoms with Gasteiger partial charge in [-0.25, -0.2) is 4.98 Å².